The average Bonchev–Trinajstić information content (AvgIpc) is 2.34. The zero-order valence-electron chi connectivity index (χ0n) is 4.99. The fourth-order valence-electron chi connectivity index (χ4n) is 0.457. The summed E-state index contributed by atoms with van der Waals surface area (Å²) in [6, 6.07) is 0. The van der Waals surface area contributed by atoms with Gasteiger partial charge in [-0.3, -0.25) is 5.01 Å². The van der Waals surface area contributed by atoms with Gasteiger partial charge in [-0.15, -0.1) is 10.6 Å². The summed E-state index contributed by atoms with van der Waals surface area (Å²) in [7, 11) is 0. The molecule has 1 aliphatic heterocycles. The van der Waals surface area contributed by atoms with Crippen LogP contribution in [0.15, 0.2) is 30.7 Å². The molecule has 0 fully saturated rings. The van der Waals surface area contributed by atoms with E-state index in [4.69, 9.17) is 0 Å². The third-order valence-corrected chi connectivity index (χ3v) is 0.888. The lowest BCUT2D eigenvalue weighted by Gasteiger charge is -2.11. The van der Waals surface area contributed by atoms with Crippen LogP contribution in [-0.2, 0) is 0 Å². The molecule has 4 heteroatoms. The second kappa shape index (κ2) is 2.32. The van der Waals surface area contributed by atoms with E-state index in [2.05, 4.69) is 23.8 Å². The lowest BCUT2D eigenvalue weighted by molar-refractivity contribution is 0.210. The van der Waals surface area contributed by atoms with Crippen LogP contribution < -0.4 is 5.53 Å². The minimum absolute atomic E-state index is 1.47. The second-order valence-corrected chi connectivity index (χ2v) is 1.45. The van der Waals surface area contributed by atoms with Crippen LogP contribution in [0, 0.1) is 0 Å². The van der Waals surface area contributed by atoms with Crippen LogP contribution in [0.5, 0.6) is 0 Å². The Labute approximate surface area is 53.7 Å². The van der Waals surface area contributed by atoms with E-state index < -0.39 is 0 Å². The highest BCUT2D eigenvalue weighted by Gasteiger charge is 2.04. The molecular weight excluding hydrogens is 116 g/mol. The van der Waals surface area contributed by atoms with Crippen molar-refractivity contribution >= 4 is 6.34 Å². The number of rotatable bonds is 2. The van der Waals surface area contributed by atoms with Gasteiger partial charge in [0.25, 0.3) is 0 Å². The molecule has 1 N–H and O–H groups in total. The van der Waals surface area contributed by atoms with Crippen LogP contribution in [0.2, 0.25) is 0 Å². The molecule has 0 atom stereocenters. The second-order valence-electron chi connectivity index (χ2n) is 1.45. The lowest BCUT2D eigenvalue weighted by atomic mass is 10.9. The van der Waals surface area contributed by atoms with Gasteiger partial charge in [-0.05, 0) is 0 Å². The molecule has 4 nitrogen and oxygen atoms in total. The molecule has 0 aromatic carbocycles. The number of hydrazine groups is 2. The van der Waals surface area contributed by atoms with Gasteiger partial charge in [0.2, 0.25) is 0 Å². The van der Waals surface area contributed by atoms with Gasteiger partial charge in [0, 0.05) is 12.4 Å². The van der Waals surface area contributed by atoms with E-state index in [1.54, 1.807) is 23.7 Å². The fourth-order valence-corrected chi connectivity index (χ4v) is 0.457. The van der Waals surface area contributed by atoms with Crippen LogP contribution in [-0.4, -0.2) is 16.5 Å². The highest BCUT2D eigenvalue weighted by Crippen LogP contribution is 1.93. The van der Waals surface area contributed by atoms with E-state index in [-0.39, 0.29) is 0 Å². The molecule has 0 spiro atoms. The van der Waals surface area contributed by atoms with E-state index in [1.165, 1.54) is 5.12 Å². The Kier molecular flexibility index (Phi) is 1.51. The summed E-state index contributed by atoms with van der Waals surface area (Å²) >= 11 is 0. The van der Waals surface area contributed by atoms with Crippen LogP contribution in [0.3, 0.4) is 0 Å². The van der Waals surface area contributed by atoms with Crippen LogP contribution in [0.1, 0.15) is 0 Å². The van der Waals surface area contributed by atoms with Crippen molar-refractivity contribution < 1.29 is 0 Å². The van der Waals surface area contributed by atoms with Crippen molar-refractivity contribution in [1.29, 1.82) is 0 Å². The molecule has 0 saturated heterocycles. The highest BCUT2D eigenvalue weighted by atomic mass is 15.9. The number of hydrogen-bond acceptors (Lipinski definition) is 4. The van der Waals surface area contributed by atoms with Crippen molar-refractivity contribution in [2.24, 2.45) is 5.10 Å². The van der Waals surface area contributed by atoms with Crippen molar-refractivity contribution in [3.8, 4) is 0 Å². The molecular formula is C5H8N4. The Morgan fingerprint density at radius 1 is 1.44 bits per heavy atom. The van der Waals surface area contributed by atoms with Crippen molar-refractivity contribution in [3.63, 3.8) is 0 Å². The van der Waals surface area contributed by atoms with Crippen LogP contribution in [0.4, 0.5) is 0 Å². The summed E-state index contributed by atoms with van der Waals surface area (Å²) in [5.74, 6) is 0. The van der Waals surface area contributed by atoms with E-state index in [0.717, 1.165) is 0 Å². The molecule has 0 aromatic rings. The predicted octanol–water partition coefficient (Wildman–Crippen LogP) is 0.254. The zero-order valence-corrected chi connectivity index (χ0v) is 4.99. The maximum absolute atomic E-state index is 3.84. The molecule has 1 rings (SSSR count). The number of hydrogen-bond donors (Lipinski definition) is 1. The molecule has 0 saturated carbocycles. The SMILES string of the molecule is C=CN1C=NN(C=C)N1. The van der Waals surface area contributed by atoms with E-state index >= 15 is 0 Å². The predicted molar refractivity (Wildman–Crippen MR) is 35.7 cm³/mol. The first-order valence-electron chi connectivity index (χ1n) is 2.50. The number of hydrazone groups is 1. The standard InChI is InChI=1S/C5H8N4/c1-3-8-5-6-9(4-2)7-8/h3-5,7H,1-2H2. The van der Waals surface area contributed by atoms with Crippen molar-refractivity contribution in [3.05, 3.63) is 25.6 Å². The first-order valence-corrected chi connectivity index (χ1v) is 2.50. The number of nitrogens with one attached hydrogen (secondary N) is 1. The average molecular weight is 124 g/mol. The highest BCUT2D eigenvalue weighted by molar-refractivity contribution is 5.56. The third-order valence-electron chi connectivity index (χ3n) is 0.888. The first-order chi connectivity index (χ1) is 4.36. The van der Waals surface area contributed by atoms with Gasteiger partial charge in [-0.25, -0.2) is 0 Å². The molecule has 1 heterocycles. The summed E-state index contributed by atoms with van der Waals surface area (Å²) in [5.41, 5.74) is 2.80. The maximum Gasteiger partial charge on any atom is 0.133 e. The molecule has 1 aliphatic rings. The molecule has 0 bridgehead atoms. The van der Waals surface area contributed by atoms with Gasteiger partial charge in [-0.1, -0.05) is 13.2 Å². The quantitative estimate of drug-likeness (QED) is 0.572. The van der Waals surface area contributed by atoms with Gasteiger partial charge < -0.3 is 0 Å². The van der Waals surface area contributed by atoms with E-state index in [1.807, 2.05) is 0 Å². The minimum atomic E-state index is 1.47. The van der Waals surface area contributed by atoms with Gasteiger partial charge >= 0.3 is 0 Å². The first kappa shape index (κ1) is 5.84. The van der Waals surface area contributed by atoms with Crippen molar-refractivity contribution in [2.45, 2.75) is 0 Å². The monoisotopic (exact) mass is 124 g/mol. The Bertz CT molecular complexity index is 135. The van der Waals surface area contributed by atoms with Gasteiger partial charge in [0.15, 0.2) is 0 Å². The number of nitrogens with zero attached hydrogens (tertiary/aromatic N) is 3. The molecule has 48 valence electrons. The van der Waals surface area contributed by atoms with E-state index in [0.29, 0.717) is 0 Å². The van der Waals surface area contributed by atoms with Crippen molar-refractivity contribution in [1.82, 2.24) is 15.7 Å². The molecule has 0 radical (unpaired) electrons. The lowest BCUT2D eigenvalue weighted by Crippen LogP contribution is -2.33. The van der Waals surface area contributed by atoms with Crippen molar-refractivity contribution in [2.75, 3.05) is 0 Å². The summed E-state index contributed by atoms with van der Waals surface area (Å²) in [6.07, 6.45) is 4.75. The molecule has 0 aromatic heterocycles. The maximum atomic E-state index is 3.84. The van der Waals surface area contributed by atoms with Gasteiger partial charge in [0.05, 0.1) is 0 Å². The molecule has 0 amide bonds. The Morgan fingerprint density at radius 2 is 2.22 bits per heavy atom. The third kappa shape index (κ3) is 1.09. The fraction of sp³-hybridized carbons (Fsp3) is 0. The Morgan fingerprint density at radius 3 is 2.56 bits per heavy atom. The summed E-state index contributed by atoms with van der Waals surface area (Å²) in [6.45, 7) is 7.02. The van der Waals surface area contributed by atoms with Gasteiger partial charge in [0.1, 0.15) is 6.34 Å². The molecule has 0 aliphatic carbocycles. The molecule has 0 unspecified atom stereocenters. The zero-order chi connectivity index (χ0) is 6.69. The summed E-state index contributed by atoms with van der Waals surface area (Å²) < 4.78 is 0. The van der Waals surface area contributed by atoms with E-state index in [9.17, 15) is 0 Å². The van der Waals surface area contributed by atoms with Gasteiger partial charge in [-0.2, -0.15) is 5.12 Å². The largest absolute Gasteiger partial charge is 0.253 e. The Hall–Kier alpha value is -1.29. The van der Waals surface area contributed by atoms with Crippen LogP contribution in [0.25, 0.3) is 0 Å². The Balaban J connectivity index is 2.48. The topological polar surface area (TPSA) is 30.9 Å². The van der Waals surface area contributed by atoms with Crippen LogP contribution >= 0.6 is 0 Å². The summed E-state index contributed by atoms with van der Waals surface area (Å²) in [4.78, 5) is 0. The molecule has 9 heavy (non-hydrogen) atoms. The smallest absolute Gasteiger partial charge is 0.133 e. The minimum Gasteiger partial charge on any atom is -0.253 e. The summed E-state index contributed by atoms with van der Waals surface area (Å²) in [5, 5.41) is 6.93. The normalized spacial score (nSPS) is 16.4.